The first-order valence-electron chi connectivity index (χ1n) is 16.3. The maximum atomic E-state index is 6.41. The highest BCUT2D eigenvalue weighted by Crippen LogP contribution is 2.21. The Labute approximate surface area is 222 Å². The maximum absolute atomic E-state index is 6.41. The molecular formula is C33H67NO. The predicted molar refractivity (Wildman–Crippen MR) is 159 cm³/mol. The van der Waals surface area contributed by atoms with Crippen LogP contribution < -0.4 is 5.32 Å². The van der Waals surface area contributed by atoms with E-state index in [-0.39, 0.29) is 0 Å². The molecule has 0 unspecified atom stereocenters. The number of unbranched alkanes of at least 4 members (excludes halogenated alkanes) is 18. The molecule has 0 aromatic heterocycles. The second kappa shape index (κ2) is 29.7. The van der Waals surface area contributed by atoms with Gasteiger partial charge >= 0.3 is 0 Å². The second-order valence-electron chi connectivity index (χ2n) is 11.1. The first-order chi connectivity index (χ1) is 17.2. The summed E-state index contributed by atoms with van der Waals surface area (Å²) in [6.07, 6.45) is 33.8. The molecule has 35 heavy (non-hydrogen) atoms. The molecule has 0 radical (unpaired) electrons. The predicted octanol–water partition coefficient (Wildman–Crippen LogP) is 11.3. The molecule has 210 valence electrons. The molecule has 0 bridgehead atoms. The van der Waals surface area contributed by atoms with Gasteiger partial charge < -0.3 is 10.1 Å². The Kier molecular flexibility index (Phi) is 29.3. The van der Waals surface area contributed by atoms with E-state index in [9.17, 15) is 0 Å². The molecular weight excluding hydrogens is 426 g/mol. The first kappa shape index (κ1) is 34.5. The smallest absolute Gasteiger partial charge is 0.0982 e. The third-order valence-electron chi connectivity index (χ3n) is 7.36. The quantitative estimate of drug-likeness (QED) is 0.0793. The third-order valence-corrected chi connectivity index (χ3v) is 7.36. The van der Waals surface area contributed by atoms with Crippen molar-refractivity contribution in [1.29, 1.82) is 0 Å². The van der Waals surface area contributed by atoms with Crippen LogP contribution in [0.3, 0.4) is 0 Å². The fourth-order valence-electron chi connectivity index (χ4n) is 4.94. The Morgan fingerprint density at radius 1 is 0.514 bits per heavy atom. The van der Waals surface area contributed by atoms with Gasteiger partial charge in [-0.3, -0.25) is 0 Å². The van der Waals surface area contributed by atoms with E-state index in [4.69, 9.17) is 4.74 Å². The van der Waals surface area contributed by atoms with E-state index < -0.39 is 0 Å². The summed E-state index contributed by atoms with van der Waals surface area (Å²) >= 11 is 0. The fraction of sp³-hybridized carbons (Fsp3) is 0.939. The minimum Gasteiger partial charge on any atom is -0.495 e. The van der Waals surface area contributed by atoms with Crippen LogP contribution in [0.15, 0.2) is 12.3 Å². The topological polar surface area (TPSA) is 21.3 Å². The Hall–Kier alpha value is -0.500. The molecule has 0 saturated carbocycles. The molecule has 2 nitrogen and oxygen atoms in total. The second-order valence-corrected chi connectivity index (χ2v) is 11.1. The molecule has 0 amide bonds. The minimum absolute atomic E-state index is 0.410. The lowest BCUT2D eigenvalue weighted by Gasteiger charge is -2.21. The van der Waals surface area contributed by atoms with Gasteiger partial charge in [-0.2, -0.15) is 0 Å². The zero-order valence-corrected chi connectivity index (χ0v) is 24.8. The normalized spacial score (nSPS) is 11.4. The van der Waals surface area contributed by atoms with E-state index in [1.165, 1.54) is 167 Å². The molecule has 0 heterocycles. The van der Waals surface area contributed by atoms with Gasteiger partial charge in [-0.15, -0.1) is 0 Å². The number of hydrogen-bond donors (Lipinski definition) is 1. The molecule has 0 aliphatic rings. The van der Waals surface area contributed by atoms with Crippen molar-refractivity contribution in [2.24, 2.45) is 0 Å². The van der Waals surface area contributed by atoms with Gasteiger partial charge in [0.15, 0.2) is 0 Å². The van der Waals surface area contributed by atoms with E-state index >= 15 is 0 Å². The monoisotopic (exact) mass is 494 g/mol. The van der Waals surface area contributed by atoms with Crippen LogP contribution in [0.2, 0.25) is 0 Å². The van der Waals surface area contributed by atoms with Crippen molar-refractivity contribution >= 4 is 0 Å². The zero-order chi connectivity index (χ0) is 25.7. The average Bonchev–Trinajstić information content (AvgIpc) is 2.86. The molecule has 0 fully saturated rings. The standard InChI is InChI=1S/C33H67NO/c1-5-8-11-14-18-23-28-33(29-24-19-15-12-9-6-2)35-32(4)27-22-17-16-21-26-31-34-30-25-20-13-10-7-3/h33-34H,4-31H2,1-3H3. The van der Waals surface area contributed by atoms with Crippen LogP contribution in [-0.2, 0) is 4.74 Å². The summed E-state index contributed by atoms with van der Waals surface area (Å²) in [5, 5.41) is 3.62. The summed E-state index contributed by atoms with van der Waals surface area (Å²) in [6.45, 7) is 13.6. The van der Waals surface area contributed by atoms with Gasteiger partial charge in [0.1, 0.15) is 0 Å². The maximum Gasteiger partial charge on any atom is 0.0982 e. The van der Waals surface area contributed by atoms with Gasteiger partial charge in [-0.1, -0.05) is 137 Å². The number of rotatable bonds is 30. The van der Waals surface area contributed by atoms with Gasteiger partial charge in [0, 0.05) is 6.42 Å². The summed E-state index contributed by atoms with van der Waals surface area (Å²) in [5.41, 5.74) is 0. The van der Waals surface area contributed by atoms with Crippen molar-refractivity contribution < 1.29 is 4.74 Å². The van der Waals surface area contributed by atoms with Gasteiger partial charge in [-0.05, 0) is 58.0 Å². The SMILES string of the molecule is C=C(CCCCCCCNCCCCCCC)OC(CCCCCCCC)CCCCCCCC. The summed E-state index contributed by atoms with van der Waals surface area (Å²) in [7, 11) is 0. The molecule has 0 aliphatic carbocycles. The summed E-state index contributed by atoms with van der Waals surface area (Å²) < 4.78 is 6.41. The van der Waals surface area contributed by atoms with Crippen molar-refractivity contribution in [3.05, 3.63) is 12.3 Å². The van der Waals surface area contributed by atoms with Crippen molar-refractivity contribution in [3.8, 4) is 0 Å². The van der Waals surface area contributed by atoms with Crippen LogP contribution in [0.5, 0.6) is 0 Å². The molecule has 0 aliphatic heterocycles. The van der Waals surface area contributed by atoms with E-state index in [0.29, 0.717) is 6.10 Å². The van der Waals surface area contributed by atoms with E-state index in [1.807, 2.05) is 0 Å². The Balaban J connectivity index is 3.83. The van der Waals surface area contributed by atoms with Gasteiger partial charge in [0.05, 0.1) is 11.9 Å². The number of hydrogen-bond acceptors (Lipinski definition) is 2. The minimum atomic E-state index is 0.410. The lowest BCUT2D eigenvalue weighted by Crippen LogP contribution is -2.16. The van der Waals surface area contributed by atoms with Crippen molar-refractivity contribution in [3.63, 3.8) is 0 Å². The molecule has 0 aromatic carbocycles. The zero-order valence-electron chi connectivity index (χ0n) is 24.8. The molecule has 2 heteroatoms. The van der Waals surface area contributed by atoms with Crippen LogP contribution in [0.1, 0.15) is 181 Å². The molecule has 0 saturated heterocycles. The fourth-order valence-corrected chi connectivity index (χ4v) is 4.94. The van der Waals surface area contributed by atoms with E-state index in [0.717, 1.165) is 12.2 Å². The van der Waals surface area contributed by atoms with Crippen LogP contribution in [-0.4, -0.2) is 19.2 Å². The lowest BCUT2D eigenvalue weighted by molar-refractivity contribution is 0.0895. The lowest BCUT2D eigenvalue weighted by atomic mass is 10.0. The van der Waals surface area contributed by atoms with Crippen LogP contribution >= 0.6 is 0 Å². The van der Waals surface area contributed by atoms with Crippen molar-refractivity contribution in [2.75, 3.05) is 13.1 Å². The highest BCUT2D eigenvalue weighted by molar-refractivity contribution is 4.84. The molecule has 1 N–H and O–H groups in total. The molecule has 0 spiro atoms. The number of ether oxygens (including phenoxy) is 1. The highest BCUT2D eigenvalue weighted by atomic mass is 16.5. The Bertz CT molecular complexity index is 392. The molecule has 0 rings (SSSR count). The largest absolute Gasteiger partial charge is 0.495 e. The van der Waals surface area contributed by atoms with Gasteiger partial charge in [0.2, 0.25) is 0 Å². The number of nitrogens with one attached hydrogen (secondary N) is 1. The Morgan fingerprint density at radius 3 is 1.34 bits per heavy atom. The molecule has 0 atom stereocenters. The highest BCUT2D eigenvalue weighted by Gasteiger charge is 2.11. The van der Waals surface area contributed by atoms with E-state index in [2.05, 4.69) is 32.7 Å². The third kappa shape index (κ3) is 27.9. The first-order valence-corrected chi connectivity index (χ1v) is 16.3. The Morgan fingerprint density at radius 2 is 0.886 bits per heavy atom. The van der Waals surface area contributed by atoms with E-state index in [1.54, 1.807) is 0 Å². The van der Waals surface area contributed by atoms with Gasteiger partial charge in [0.25, 0.3) is 0 Å². The van der Waals surface area contributed by atoms with Crippen LogP contribution in [0, 0.1) is 0 Å². The summed E-state index contributed by atoms with van der Waals surface area (Å²) in [4.78, 5) is 0. The summed E-state index contributed by atoms with van der Waals surface area (Å²) in [6, 6.07) is 0. The number of allylic oxidation sites excluding steroid dienone is 1. The van der Waals surface area contributed by atoms with Gasteiger partial charge in [-0.25, -0.2) is 0 Å². The summed E-state index contributed by atoms with van der Waals surface area (Å²) in [5.74, 6) is 1.05. The van der Waals surface area contributed by atoms with Crippen molar-refractivity contribution in [2.45, 2.75) is 187 Å². The van der Waals surface area contributed by atoms with Crippen LogP contribution in [0.25, 0.3) is 0 Å². The van der Waals surface area contributed by atoms with Crippen molar-refractivity contribution in [1.82, 2.24) is 5.32 Å². The average molecular weight is 494 g/mol. The molecule has 0 aromatic rings. The van der Waals surface area contributed by atoms with Crippen LogP contribution in [0.4, 0.5) is 0 Å².